The van der Waals surface area contributed by atoms with Crippen LogP contribution in [0.3, 0.4) is 0 Å². The zero-order valence-electron chi connectivity index (χ0n) is 26.9. The molecular formula is C36H40FN5O4. The van der Waals surface area contributed by atoms with Gasteiger partial charge in [-0.1, -0.05) is 30.3 Å². The van der Waals surface area contributed by atoms with Gasteiger partial charge < -0.3 is 29.7 Å². The first-order valence-corrected chi connectivity index (χ1v) is 15.7. The molecule has 1 atom stereocenters. The molecule has 1 fully saturated rings. The average molecular weight is 626 g/mol. The Morgan fingerprint density at radius 1 is 1.11 bits per heavy atom. The number of carbonyl (C=O) groups is 1. The first-order valence-electron chi connectivity index (χ1n) is 15.7. The van der Waals surface area contributed by atoms with E-state index >= 15 is 4.39 Å². The summed E-state index contributed by atoms with van der Waals surface area (Å²) < 4.78 is 33.4. The van der Waals surface area contributed by atoms with Crippen LogP contribution in [-0.4, -0.2) is 53.1 Å². The molecule has 0 radical (unpaired) electrons. The highest BCUT2D eigenvalue weighted by Gasteiger charge is 2.33. The third-order valence-corrected chi connectivity index (χ3v) is 8.36. The summed E-state index contributed by atoms with van der Waals surface area (Å²) in [5.74, 6) is 0.856. The Morgan fingerprint density at radius 2 is 1.89 bits per heavy atom. The van der Waals surface area contributed by atoms with E-state index in [1.54, 1.807) is 18.2 Å². The number of carbonyl (C=O) groups excluding carboxylic acids is 1. The highest BCUT2D eigenvalue weighted by molar-refractivity contribution is 6.06. The second kappa shape index (κ2) is 13.0. The maximum absolute atomic E-state index is 15.1. The van der Waals surface area contributed by atoms with Gasteiger partial charge in [-0.05, 0) is 83.5 Å². The lowest BCUT2D eigenvalue weighted by atomic mass is 10.00. The summed E-state index contributed by atoms with van der Waals surface area (Å²) in [6, 6.07) is 16.1. The van der Waals surface area contributed by atoms with Crippen molar-refractivity contribution in [3.63, 3.8) is 0 Å². The first kappa shape index (κ1) is 31.3. The van der Waals surface area contributed by atoms with E-state index in [0.717, 1.165) is 49.0 Å². The summed E-state index contributed by atoms with van der Waals surface area (Å²) in [6.45, 7) is 10.4. The van der Waals surface area contributed by atoms with Gasteiger partial charge in [-0.2, -0.15) is 4.98 Å². The Labute approximate surface area is 269 Å². The quantitative estimate of drug-likeness (QED) is 0.198. The summed E-state index contributed by atoms with van der Waals surface area (Å²) in [5.41, 5.74) is 3.72. The van der Waals surface area contributed by atoms with Gasteiger partial charge in [0.15, 0.2) is 23.1 Å². The summed E-state index contributed by atoms with van der Waals surface area (Å²) in [4.78, 5) is 24.9. The van der Waals surface area contributed by atoms with Gasteiger partial charge in [0.25, 0.3) is 5.91 Å². The number of nitrogens with zero attached hydrogens (tertiary/aromatic N) is 3. The van der Waals surface area contributed by atoms with Gasteiger partial charge in [-0.15, -0.1) is 0 Å². The van der Waals surface area contributed by atoms with Crippen molar-refractivity contribution >= 4 is 23.2 Å². The minimum Gasteiger partial charge on any atom is -0.490 e. The van der Waals surface area contributed by atoms with Gasteiger partial charge in [-0.3, -0.25) is 4.79 Å². The Bertz CT molecular complexity index is 1740. The van der Waals surface area contributed by atoms with Gasteiger partial charge in [0, 0.05) is 48.1 Å². The maximum atomic E-state index is 15.1. The number of nitrogens with one attached hydrogen (secondary N) is 2. The van der Waals surface area contributed by atoms with E-state index < -0.39 is 17.3 Å². The molecule has 0 spiro atoms. The van der Waals surface area contributed by atoms with E-state index in [4.69, 9.17) is 14.2 Å². The van der Waals surface area contributed by atoms with Crippen molar-refractivity contribution in [2.45, 2.75) is 52.6 Å². The number of aryl methyl sites for hydroxylation is 2. The van der Waals surface area contributed by atoms with Crippen LogP contribution in [0.1, 0.15) is 53.7 Å². The third-order valence-electron chi connectivity index (χ3n) is 8.36. The standard InChI is InChI=1S/C36H40FN5O4/c1-22-9-6-10-23(2)31(22)40-33(43)27-19-38-35(41-34(27)45-30-13-7-12-25-18-36(3,4)46-32(25)30)39-26-14-15-29(28(37)17-26)44-21-24-11-8-16-42(5)20-24/h6-7,9-10,12-15,17,19,24H,8,11,16,18,20-21H2,1-5H3,(H,40,43)(H,38,39,41). The highest BCUT2D eigenvalue weighted by Crippen LogP contribution is 2.43. The number of rotatable bonds is 9. The number of likely N-dealkylation sites (tertiary alicyclic amines) is 1. The number of hydrogen-bond donors (Lipinski definition) is 2. The molecule has 3 heterocycles. The van der Waals surface area contributed by atoms with E-state index in [0.29, 0.717) is 35.4 Å². The summed E-state index contributed by atoms with van der Waals surface area (Å²) in [6.07, 6.45) is 4.31. The second-order valence-corrected chi connectivity index (χ2v) is 12.9. The molecule has 1 saturated heterocycles. The number of para-hydroxylation sites is 2. The van der Waals surface area contributed by atoms with Crippen LogP contribution in [-0.2, 0) is 6.42 Å². The largest absolute Gasteiger partial charge is 0.490 e. The molecule has 0 aliphatic carbocycles. The Hall–Kier alpha value is -4.70. The molecule has 2 N–H and O–H groups in total. The van der Waals surface area contributed by atoms with Crippen molar-refractivity contribution < 1.29 is 23.4 Å². The lowest BCUT2D eigenvalue weighted by Gasteiger charge is -2.29. The molecule has 240 valence electrons. The smallest absolute Gasteiger partial charge is 0.262 e. The number of amides is 1. The van der Waals surface area contributed by atoms with Crippen LogP contribution in [0.25, 0.3) is 0 Å². The van der Waals surface area contributed by atoms with Gasteiger partial charge >= 0.3 is 0 Å². The molecule has 10 heteroatoms. The molecular weight excluding hydrogens is 585 g/mol. The van der Waals surface area contributed by atoms with Crippen LogP contribution >= 0.6 is 0 Å². The number of halogens is 1. The predicted molar refractivity (Wildman–Crippen MR) is 176 cm³/mol. The second-order valence-electron chi connectivity index (χ2n) is 12.9. The van der Waals surface area contributed by atoms with Crippen molar-refractivity contribution in [3.8, 4) is 23.1 Å². The van der Waals surface area contributed by atoms with Crippen LogP contribution in [0.5, 0.6) is 23.1 Å². The van der Waals surface area contributed by atoms with E-state index in [9.17, 15) is 4.79 Å². The van der Waals surface area contributed by atoms with Gasteiger partial charge in [0.2, 0.25) is 11.8 Å². The monoisotopic (exact) mass is 625 g/mol. The minimum absolute atomic E-state index is 0.0285. The molecule has 1 amide bonds. The first-order chi connectivity index (χ1) is 22.0. The van der Waals surface area contributed by atoms with Crippen LogP contribution in [0, 0.1) is 25.6 Å². The lowest BCUT2D eigenvalue weighted by Crippen LogP contribution is -2.34. The summed E-state index contributed by atoms with van der Waals surface area (Å²) in [7, 11) is 2.09. The van der Waals surface area contributed by atoms with Gasteiger partial charge in [-0.25, -0.2) is 9.37 Å². The summed E-state index contributed by atoms with van der Waals surface area (Å²) >= 11 is 0. The maximum Gasteiger partial charge on any atom is 0.262 e. The molecule has 1 aromatic heterocycles. The number of anilines is 3. The normalized spacial score (nSPS) is 17.1. The van der Waals surface area contributed by atoms with Crippen LogP contribution in [0.4, 0.5) is 21.7 Å². The molecule has 0 bridgehead atoms. The van der Waals surface area contributed by atoms with Crippen LogP contribution < -0.4 is 24.8 Å². The van der Waals surface area contributed by atoms with Crippen LogP contribution in [0.2, 0.25) is 0 Å². The zero-order valence-corrected chi connectivity index (χ0v) is 26.9. The predicted octanol–water partition coefficient (Wildman–Crippen LogP) is 7.45. The van der Waals surface area contributed by atoms with Crippen LogP contribution in [0.15, 0.2) is 60.8 Å². The zero-order chi connectivity index (χ0) is 32.4. The van der Waals surface area contributed by atoms with E-state index in [1.165, 1.54) is 12.3 Å². The van der Waals surface area contributed by atoms with Crippen molar-refractivity contribution in [1.82, 2.24) is 14.9 Å². The van der Waals surface area contributed by atoms with Crippen molar-refractivity contribution in [2.24, 2.45) is 5.92 Å². The SMILES string of the molecule is Cc1cccc(C)c1NC(=O)c1cnc(Nc2ccc(OCC3CCCN(C)C3)c(F)c2)nc1Oc1cccc2c1OC(C)(C)C2. The number of hydrogen-bond acceptors (Lipinski definition) is 8. The van der Waals surface area contributed by atoms with Crippen molar-refractivity contribution in [1.29, 1.82) is 0 Å². The molecule has 0 saturated carbocycles. The average Bonchev–Trinajstić information content (AvgIpc) is 3.33. The molecule has 4 aromatic rings. The third kappa shape index (κ3) is 7.07. The molecule has 2 aliphatic heterocycles. The number of benzene rings is 3. The van der Waals surface area contributed by atoms with E-state index in [1.807, 2.05) is 58.0 Å². The van der Waals surface area contributed by atoms with Crippen molar-refractivity contribution in [2.75, 3.05) is 37.4 Å². The number of piperidine rings is 1. The number of ether oxygens (including phenoxy) is 3. The van der Waals surface area contributed by atoms with Crippen molar-refractivity contribution in [3.05, 3.63) is 88.9 Å². The van der Waals surface area contributed by atoms with E-state index in [-0.39, 0.29) is 23.1 Å². The molecule has 1 unspecified atom stereocenters. The Morgan fingerprint density at radius 3 is 2.65 bits per heavy atom. The fraction of sp³-hybridized carbons (Fsp3) is 0.361. The fourth-order valence-electron chi connectivity index (χ4n) is 6.07. The fourth-order valence-corrected chi connectivity index (χ4v) is 6.07. The molecule has 6 rings (SSSR count). The minimum atomic E-state index is -0.491. The Balaban J connectivity index is 1.25. The summed E-state index contributed by atoms with van der Waals surface area (Å²) in [5, 5.41) is 6.03. The van der Waals surface area contributed by atoms with Gasteiger partial charge in [0.1, 0.15) is 11.2 Å². The molecule has 2 aliphatic rings. The molecule has 3 aromatic carbocycles. The highest BCUT2D eigenvalue weighted by atomic mass is 19.1. The van der Waals surface area contributed by atoms with E-state index in [2.05, 4.69) is 32.5 Å². The van der Waals surface area contributed by atoms with Gasteiger partial charge in [0.05, 0.1) is 6.61 Å². The molecule has 9 nitrogen and oxygen atoms in total. The molecule has 46 heavy (non-hydrogen) atoms. The Kier molecular flexibility index (Phi) is 8.82. The number of aromatic nitrogens is 2. The topological polar surface area (TPSA) is 97.8 Å². The number of fused-ring (bicyclic) bond motifs is 1. The lowest BCUT2D eigenvalue weighted by molar-refractivity contribution is 0.102.